The Kier molecular flexibility index (Phi) is 4.65. The molecule has 1 saturated heterocycles. The molecule has 0 radical (unpaired) electrons. The van der Waals surface area contributed by atoms with E-state index in [1.165, 1.54) is 32.1 Å². The molecule has 1 saturated carbocycles. The molecule has 1 aromatic rings. The van der Waals surface area contributed by atoms with Crippen molar-refractivity contribution in [2.24, 2.45) is 0 Å². The summed E-state index contributed by atoms with van der Waals surface area (Å²) in [7, 11) is 0. The highest BCUT2D eigenvalue weighted by atomic mass is 16.5. The lowest BCUT2D eigenvalue weighted by molar-refractivity contribution is -0.124. The fourth-order valence-corrected chi connectivity index (χ4v) is 2.92. The number of carbonyl (C=O) groups excluding carboxylic acids is 1. The van der Waals surface area contributed by atoms with Crippen molar-refractivity contribution in [1.82, 2.24) is 10.2 Å². The monoisotopic (exact) mass is 290 g/mol. The number of nitrogens with one attached hydrogen (secondary N) is 2. The molecule has 2 fully saturated rings. The van der Waals surface area contributed by atoms with Crippen LogP contribution in [0.2, 0.25) is 0 Å². The van der Waals surface area contributed by atoms with E-state index in [1.54, 1.807) is 6.07 Å². The first-order valence-corrected chi connectivity index (χ1v) is 7.84. The van der Waals surface area contributed by atoms with Crippen molar-refractivity contribution < 1.29 is 9.53 Å². The minimum atomic E-state index is -0.341. The minimum absolute atomic E-state index is 0.130. The van der Waals surface area contributed by atoms with E-state index in [9.17, 15) is 4.79 Å². The molecule has 0 aromatic carbocycles. The summed E-state index contributed by atoms with van der Waals surface area (Å²) in [6.07, 6.45) is 7.65. The lowest BCUT2D eigenvalue weighted by Gasteiger charge is -2.22. The molecule has 2 heterocycles. The van der Waals surface area contributed by atoms with Crippen molar-refractivity contribution in [3.8, 4) is 0 Å². The van der Waals surface area contributed by atoms with Crippen molar-refractivity contribution in [3.05, 3.63) is 12.1 Å². The Bertz CT molecular complexity index is 465. The number of hydrogen-bond donors (Lipinski definition) is 2. The number of carbonyl (C=O) groups is 1. The van der Waals surface area contributed by atoms with Crippen molar-refractivity contribution in [1.29, 1.82) is 0 Å². The molecule has 1 atom stereocenters. The Morgan fingerprint density at radius 3 is 2.48 bits per heavy atom. The molecule has 114 valence electrons. The lowest BCUT2D eigenvalue weighted by Crippen LogP contribution is -2.27. The molecule has 6 heteroatoms. The highest BCUT2D eigenvalue weighted by molar-refractivity contribution is 5.93. The maximum Gasteiger partial charge on any atom is 0.254 e. The van der Waals surface area contributed by atoms with Gasteiger partial charge in [-0.25, -0.2) is 0 Å². The first-order chi connectivity index (χ1) is 10.3. The van der Waals surface area contributed by atoms with Gasteiger partial charge in [-0.2, -0.15) is 0 Å². The normalized spacial score (nSPS) is 23.0. The summed E-state index contributed by atoms with van der Waals surface area (Å²) < 4.78 is 5.34. The second kappa shape index (κ2) is 6.85. The van der Waals surface area contributed by atoms with Crippen LogP contribution < -0.4 is 10.6 Å². The molecule has 1 aromatic heterocycles. The fourth-order valence-electron chi connectivity index (χ4n) is 2.92. The van der Waals surface area contributed by atoms with Crippen LogP contribution in [0.25, 0.3) is 0 Å². The van der Waals surface area contributed by atoms with Crippen LogP contribution in [-0.4, -0.2) is 34.9 Å². The Hall–Kier alpha value is -1.69. The fraction of sp³-hybridized carbons (Fsp3) is 0.667. The summed E-state index contributed by atoms with van der Waals surface area (Å²) in [4.78, 5) is 11.9. The molecule has 6 nitrogen and oxygen atoms in total. The number of ether oxygens (including phenoxy) is 1. The second-order valence-corrected chi connectivity index (χ2v) is 5.77. The molecular formula is C15H22N4O2. The van der Waals surface area contributed by atoms with E-state index in [1.807, 2.05) is 6.07 Å². The van der Waals surface area contributed by atoms with Crippen LogP contribution in [0.5, 0.6) is 0 Å². The largest absolute Gasteiger partial charge is 0.368 e. The summed E-state index contributed by atoms with van der Waals surface area (Å²) in [5.41, 5.74) is 0. The number of amides is 1. The van der Waals surface area contributed by atoms with Gasteiger partial charge in [-0.3, -0.25) is 4.79 Å². The molecule has 2 N–H and O–H groups in total. The van der Waals surface area contributed by atoms with Crippen molar-refractivity contribution in [2.45, 2.75) is 57.1 Å². The Balaban J connectivity index is 1.52. The molecular weight excluding hydrogens is 268 g/mol. The zero-order valence-corrected chi connectivity index (χ0v) is 12.2. The van der Waals surface area contributed by atoms with Crippen LogP contribution in [-0.2, 0) is 9.53 Å². The Labute approximate surface area is 124 Å². The Morgan fingerprint density at radius 2 is 1.81 bits per heavy atom. The SMILES string of the molecule is O=C(Nc1ccc(NC2CCCCC2)nn1)C1CCCO1. The van der Waals surface area contributed by atoms with Crippen molar-refractivity contribution in [2.75, 3.05) is 17.2 Å². The van der Waals surface area contributed by atoms with E-state index in [-0.39, 0.29) is 12.0 Å². The number of aromatic nitrogens is 2. The van der Waals surface area contributed by atoms with Gasteiger partial charge in [0.1, 0.15) is 11.9 Å². The van der Waals surface area contributed by atoms with Gasteiger partial charge in [-0.1, -0.05) is 19.3 Å². The maximum absolute atomic E-state index is 11.9. The molecule has 0 bridgehead atoms. The average Bonchev–Trinajstić information content (AvgIpc) is 3.05. The predicted octanol–water partition coefficient (Wildman–Crippen LogP) is 2.34. The second-order valence-electron chi connectivity index (χ2n) is 5.77. The van der Waals surface area contributed by atoms with E-state index in [0.717, 1.165) is 18.7 Å². The van der Waals surface area contributed by atoms with E-state index in [0.29, 0.717) is 18.5 Å². The van der Waals surface area contributed by atoms with Gasteiger partial charge in [0.05, 0.1) is 0 Å². The third-order valence-electron chi connectivity index (χ3n) is 4.10. The highest BCUT2D eigenvalue weighted by Gasteiger charge is 2.23. The molecule has 2 aliphatic rings. The summed E-state index contributed by atoms with van der Waals surface area (Å²) in [6, 6.07) is 4.15. The Morgan fingerprint density at radius 1 is 1.05 bits per heavy atom. The quantitative estimate of drug-likeness (QED) is 0.890. The van der Waals surface area contributed by atoms with Crippen LogP contribution in [0.3, 0.4) is 0 Å². The van der Waals surface area contributed by atoms with Gasteiger partial charge in [-0.05, 0) is 37.8 Å². The molecule has 1 aliphatic carbocycles. The molecule has 0 spiro atoms. The van der Waals surface area contributed by atoms with E-state index in [2.05, 4.69) is 20.8 Å². The topological polar surface area (TPSA) is 76.1 Å². The van der Waals surface area contributed by atoms with Gasteiger partial charge in [0.25, 0.3) is 5.91 Å². The van der Waals surface area contributed by atoms with Gasteiger partial charge < -0.3 is 15.4 Å². The smallest absolute Gasteiger partial charge is 0.254 e. The van der Waals surface area contributed by atoms with Crippen LogP contribution in [0.4, 0.5) is 11.6 Å². The van der Waals surface area contributed by atoms with Crippen molar-refractivity contribution >= 4 is 17.5 Å². The third kappa shape index (κ3) is 3.91. The van der Waals surface area contributed by atoms with Gasteiger partial charge in [0, 0.05) is 12.6 Å². The number of rotatable bonds is 4. The molecule has 3 rings (SSSR count). The highest BCUT2D eigenvalue weighted by Crippen LogP contribution is 2.21. The van der Waals surface area contributed by atoms with Crippen molar-refractivity contribution in [3.63, 3.8) is 0 Å². The summed E-state index contributed by atoms with van der Waals surface area (Å²) in [5.74, 6) is 1.12. The lowest BCUT2D eigenvalue weighted by atomic mass is 9.95. The summed E-state index contributed by atoms with van der Waals surface area (Å²) in [5, 5.41) is 14.3. The van der Waals surface area contributed by atoms with E-state index < -0.39 is 0 Å². The number of anilines is 2. The molecule has 1 amide bonds. The molecule has 1 aliphatic heterocycles. The summed E-state index contributed by atoms with van der Waals surface area (Å²) in [6.45, 7) is 0.661. The zero-order valence-electron chi connectivity index (χ0n) is 12.2. The minimum Gasteiger partial charge on any atom is -0.368 e. The first kappa shape index (κ1) is 14.3. The molecule has 21 heavy (non-hydrogen) atoms. The van der Waals surface area contributed by atoms with Gasteiger partial charge in [0.2, 0.25) is 0 Å². The van der Waals surface area contributed by atoms with Crippen LogP contribution in [0.15, 0.2) is 12.1 Å². The van der Waals surface area contributed by atoms with Gasteiger partial charge in [-0.15, -0.1) is 10.2 Å². The van der Waals surface area contributed by atoms with Gasteiger partial charge in [0.15, 0.2) is 5.82 Å². The van der Waals surface area contributed by atoms with E-state index >= 15 is 0 Å². The van der Waals surface area contributed by atoms with E-state index in [4.69, 9.17) is 4.74 Å². The average molecular weight is 290 g/mol. The van der Waals surface area contributed by atoms with Crippen LogP contribution >= 0.6 is 0 Å². The standard InChI is InChI=1S/C15H22N4O2/c20-15(12-7-4-10-21-12)17-14-9-8-13(18-19-14)16-11-5-2-1-3-6-11/h8-9,11-12H,1-7,10H2,(H,16,18)(H,17,19,20). The maximum atomic E-state index is 11.9. The number of nitrogens with zero attached hydrogens (tertiary/aromatic N) is 2. The zero-order chi connectivity index (χ0) is 14.5. The van der Waals surface area contributed by atoms with Crippen LogP contribution in [0, 0.1) is 0 Å². The van der Waals surface area contributed by atoms with Gasteiger partial charge >= 0.3 is 0 Å². The summed E-state index contributed by atoms with van der Waals surface area (Å²) >= 11 is 0. The van der Waals surface area contributed by atoms with Crippen LogP contribution in [0.1, 0.15) is 44.9 Å². The predicted molar refractivity (Wildman–Crippen MR) is 80.1 cm³/mol. The number of hydrogen-bond acceptors (Lipinski definition) is 5. The third-order valence-corrected chi connectivity index (χ3v) is 4.10. The molecule has 1 unspecified atom stereocenters. The first-order valence-electron chi connectivity index (χ1n) is 7.84.